The van der Waals surface area contributed by atoms with Gasteiger partial charge in [0.05, 0.1) is 12.4 Å². The zero-order valence-corrected chi connectivity index (χ0v) is 17.7. The third-order valence-corrected chi connectivity index (χ3v) is 5.67. The lowest BCUT2D eigenvalue weighted by molar-refractivity contribution is 0.102. The standard InChI is InChI=1S/C21H22NO7P/c1-4-5-15-18(28-3)9-6-13-11-16(21(24)29-19(13)15)20(23)22-17-8-7-14(10-12(17)2)30(25,26)27/h6-11H,4-5H2,1-3H3,(H,22,23)(H2,25,26,27). The third kappa shape index (κ3) is 4.31. The van der Waals surface area contributed by atoms with Crippen molar-refractivity contribution in [3.05, 3.63) is 63.5 Å². The summed E-state index contributed by atoms with van der Waals surface area (Å²) in [5, 5.41) is 3.04. The monoisotopic (exact) mass is 431 g/mol. The lowest BCUT2D eigenvalue weighted by Crippen LogP contribution is -2.21. The molecule has 0 radical (unpaired) electrons. The van der Waals surface area contributed by atoms with E-state index in [0.717, 1.165) is 12.0 Å². The molecule has 3 rings (SSSR count). The number of amides is 1. The van der Waals surface area contributed by atoms with Crippen LogP contribution in [0.1, 0.15) is 34.8 Å². The molecule has 3 N–H and O–H groups in total. The summed E-state index contributed by atoms with van der Waals surface area (Å²) in [6.07, 6.45) is 1.48. The average molecular weight is 431 g/mol. The second-order valence-corrected chi connectivity index (χ2v) is 8.46. The number of ether oxygens (including phenoxy) is 1. The molecule has 0 bridgehead atoms. The van der Waals surface area contributed by atoms with Crippen LogP contribution in [0.25, 0.3) is 11.0 Å². The fourth-order valence-corrected chi connectivity index (χ4v) is 3.85. The number of hydrogen-bond donors (Lipinski definition) is 3. The minimum absolute atomic E-state index is 0.152. The maximum Gasteiger partial charge on any atom is 0.356 e. The Morgan fingerprint density at radius 3 is 2.53 bits per heavy atom. The highest BCUT2D eigenvalue weighted by Crippen LogP contribution is 2.34. The first-order valence-electron chi connectivity index (χ1n) is 9.27. The van der Waals surface area contributed by atoms with Gasteiger partial charge in [-0.3, -0.25) is 9.36 Å². The van der Waals surface area contributed by atoms with Crippen LogP contribution < -0.4 is 21.0 Å². The van der Waals surface area contributed by atoms with Gasteiger partial charge in [-0.2, -0.15) is 0 Å². The van der Waals surface area contributed by atoms with E-state index < -0.39 is 19.1 Å². The molecule has 0 aliphatic rings. The van der Waals surface area contributed by atoms with Gasteiger partial charge in [0.25, 0.3) is 5.91 Å². The second-order valence-electron chi connectivity index (χ2n) is 6.86. The van der Waals surface area contributed by atoms with E-state index in [0.29, 0.717) is 34.4 Å². The average Bonchev–Trinajstić information content (AvgIpc) is 2.68. The number of benzene rings is 2. The number of aryl methyl sites for hydroxylation is 2. The lowest BCUT2D eigenvalue weighted by atomic mass is 10.0. The van der Waals surface area contributed by atoms with Crippen molar-refractivity contribution in [2.75, 3.05) is 12.4 Å². The summed E-state index contributed by atoms with van der Waals surface area (Å²) < 4.78 is 22.2. The van der Waals surface area contributed by atoms with Gasteiger partial charge >= 0.3 is 13.2 Å². The van der Waals surface area contributed by atoms with E-state index in [4.69, 9.17) is 9.15 Å². The molecule has 0 fully saturated rings. The predicted molar refractivity (Wildman–Crippen MR) is 114 cm³/mol. The third-order valence-electron chi connectivity index (χ3n) is 4.72. The Balaban J connectivity index is 1.99. The fourth-order valence-electron chi connectivity index (χ4n) is 3.22. The van der Waals surface area contributed by atoms with E-state index >= 15 is 0 Å². The van der Waals surface area contributed by atoms with Crippen LogP contribution in [0.2, 0.25) is 0 Å². The first-order valence-corrected chi connectivity index (χ1v) is 10.9. The molecule has 0 saturated heterocycles. The van der Waals surface area contributed by atoms with E-state index in [2.05, 4.69) is 5.32 Å². The van der Waals surface area contributed by atoms with Gasteiger partial charge in [-0.15, -0.1) is 0 Å². The van der Waals surface area contributed by atoms with Gasteiger partial charge < -0.3 is 24.3 Å². The number of carbonyl (C=O) groups is 1. The first kappa shape index (κ1) is 21.8. The quantitative estimate of drug-likeness (QED) is 0.404. The SMILES string of the molecule is CCCc1c(OC)ccc2cc(C(=O)Nc3ccc(P(=O)(O)O)cc3C)c(=O)oc12. The van der Waals surface area contributed by atoms with Crippen LogP contribution in [-0.2, 0) is 11.0 Å². The Morgan fingerprint density at radius 1 is 1.20 bits per heavy atom. The van der Waals surface area contributed by atoms with Gasteiger partial charge in [0, 0.05) is 16.6 Å². The molecule has 2 aromatic carbocycles. The van der Waals surface area contributed by atoms with Crippen molar-refractivity contribution in [1.29, 1.82) is 0 Å². The predicted octanol–water partition coefficient (Wildman–Crippen LogP) is 3.12. The van der Waals surface area contributed by atoms with Crippen molar-refractivity contribution in [1.82, 2.24) is 0 Å². The summed E-state index contributed by atoms with van der Waals surface area (Å²) in [6, 6.07) is 8.86. The van der Waals surface area contributed by atoms with Crippen molar-refractivity contribution in [3.63, 3.8) is 0 Å². The molecule has 0 aliphatic heterocycles. The number of nitrogens with one attached hydrogen (secondary N) is 1. The van der Waals surface area contributed by atoms with Gasteiger partial charge in [-0.1, -0.05) is 13.3 Å². The van der Waals surface area contributed by atoms with Crippen molar-refractivity contribution >= 4 is 35.5 Å². The van der Waals surface area contributed by atoms with Gasteiger partial charge in [-0.25, -0.2) is 4.79 Å². The minimum atomic E-state index is -4.40. The molecule has 30 heavy (non-hydrogen) atoms. The summed E-state index contributed by atoms with van der Waals surface area (Å²) >= 11 is 0. The van der Waals surface area contributed by atoms with Gasteiger partial charge in [0.1, 0.15) is 16.9 Å². The Morgan fingerprint density at radius 2 is 1.93 bits per heavy atom. The largest absolute Gasteiger partial charge is 0.496 e. The zero-order valence-electron chi connectivity index (χ0n) is 16.8. The molecule has 0 spiro atoms. The molecule has 0 aliphatic carbocycles. The molecule has 1 aromatic heterocycles. The van der Waals surface area contributed by atoms with Crippen molar-refractivity contribution in [2.45, 2.75) is 26.7 Å². The number of hydrogen-bond acceptors (Lipinski definition) is 5. The summed E-state index contributed by atoms with van der Waals surface area (Å²) in [7, 11) is -2.86. The van der Waals surface area contributed by atoms with Crippen LogP contribution in [0.4, 0.5) is 5.69 Å². The minimum Gasteiger partial charge on any atom is -0.496 e. The van der Waals surface area contributed by atoms with Crippen LogP contribution >= 0.6 is 7.60 Å². The lowest BCUT2D eigenvalue weighted by Gasteiger charge is -2.12. The highest BCUT2D eigenvalue weighted by atomic mass is 31.2. The molecule has 0 saturated carbocycles. The molecule has 1 heterocycles. The second kappa shape index (κ2) is 8.44. The number of rotatable bonds is 6. The summed E-state index contributed by atoms with van der Waals surface area (Å²) in [5.41, 5.74) is 0.983. The van der Waals surface area contributed by atoms with Gasteiger partial charge in [0.15, 0.2) is 0 Å². The Kier molecular flexibility index (Phi) is 6.12. The maximum atomic E-state index is 12.7. The van der Waals surface area contributed by atoms with Crippen LogP contribution in [0.3, 0.4) is 0 Å². The highest BCUT2D eigenvalue weighted by molar-refractivity contribution is 7.60. The Labute approximate surface area is 172 Å². The molecule has 158 valence electrons. The number of methoxy groups -OCH3 is 1. The van der Waals surface area contributed by atoms with Crippen LogP contribution in [0.5, 0.6) is 5.75 Å². The number of fused-ring (bicyclic) bond motifs is 1. The van der Waals surface area contributed by atoms with Crippen LogP contribution in [0.15, 0.2) is 45.6 Å². The molecule has 0 atom stereocenters. The van der Waals surface area contributed by atoms with E-state index in [1.165, 1.54) is 24.3 Å². The summed E-state index contributed by atoms with van der Waals surface area (Å²) in [5.74, 6) is -0.0592. The smallest absolute Gasteiger partial charge is 0.356 e. The Bertz CT molecular complexity index is 1230. The summed E-state index contributed by atoms with van der Waals surface area (Å²) in [4.78, 5) is 43.7. The molecule has 1 amide bonds. The zero-order chi connectivity index (χ0) is 22.1. The van der Waals surface area contributed by atoms with Crippen LogP contribution in [0, 0.1) is 6.92 Å². The van der Waals surface area contributed by atoms with Crippen molar-refractivity contribution in [3.8, 4) is 5.75 Å². The maximum absolute atomic E-state index is 12.7. The van der Waals surface area contributed by atoms with Crippen molar-refractivity contribution < 1.29 is 28.3 Å². The van der Waals surface area contributed by atoms with E-state index in [-0.39, 0.29) is 10.9 Å². The first-order chi connectivity index (χ1) is 14.2. The highest BCUT2D eigenvalue weighted by Gasteiger charge is 2.20. The molecular weight excluding hydrogens is 409 g/mol. The number of anilines is 1. The Hall–Kier alpha value is -2.93. The summed E-state index contributed by atoms with van der Waals surface area (Å²) in [6.45, 7) is 3.60. The molecule has 3 aromatic rings. The van der Waals surface area contributed by atoms with Crippen LogP contribution in [-0.4, -0.2) is 22.8 Å². The van der Waals surface area contributed by atoms with Gasteiger partial charge in [0.2, 0.25) is 0 Å². The molecule has 9 heteroatoms. The van der Waals surface area contributed by atoms with E-state index in [9.17, 15) is 23.9 Å². The topological polar surface area (TPSA) is 126 Å². The van der Waals surface area contributed by atoms with Gasteiger partial charge in [-0.05, 0) is 55.3 Å². The molecule has 8 nitrogen and oxygen atoms in total. The van der Waals surface area contributed by atoms with Crippen molar-refractivity contribution in [2.24, 2.45) is 0 Å². The van der Waals surface area contributed by atoms with E-state index in [1.54, 1.807) is 26.2 Å². The molecule has 0 unspecified atom stereocenters. The molecular formula is C21H22NO7P. The number of carbonyl (C=O) groups excluding carboxylic acids is 1. The fraction of sp³-hybridized carbons (Fsp3) is 0.238. The normalized spacial score (nSPS) is 11.5. The van der Waals surface area contributed by atoms with E-state index in [1.807, 2.05) is 6.92 Å².